The maximum absolute atomic E-state index is 13.8. The Labute approximate surface area is 116 Å². The molecule has 1 amide bonds. The molecule has 0 spiro atoms. The van der Waals surface area contributed by atoms with Gasteiger partial charge in [-0.05, 0) is 24.6 Å². The number of carbonyl (C=O) groups is 2. The minimum absolute atomic E-state index is 0.114. The molecule has 1 atom stereocenters. The Hall–Kier alpha value is -1.95. The normalized spacial score (nSPS) is 18.0. The van der Waals surface area contributed by atoms with E-state index in [1.807, 2.05) is 0 Å². The number of carbonyl (C=O) groups excluding carboxylic acids is 1. The van der Waals surface area contributed by atoms with Gasteiger partial charge in [-0.25, -0.2) is 9.18 Å². The Kier molecular flexibility index (Phi) is 4.34. The minimum atomic E-state index is -1.22. The smallest absolute Gasteiger partial charge is 0.335 e. The molecular weight excluding hydrogens is 265 g/mol. The summed E-state index contributed by atoms with van der Waals surface area (Å²) in [7, 11) is 1.60. The third-order valence-corrected chi connectivity index (χ3v) is 3.35. The molecular formula is C14H16FNO4. The molecule has 1 unspecified atom stereocenters. The molecule has 20 heavy (non-hydrogen) atoms. The van der Waals surface area contributed by atoms with Gasteiger partial charge >= 0.3 is 5.97 Å². The van der Waals surface area contributed by atoms with Crippen LogP contribution in [0.4, 0.5) is 4.39 Å². The van der Waals surface area contributed by atoms with Crippen LogP contribution in [0.3, 0.4) is 0 Å². The van der Waals surface area contributed by atoms with Gasteiger partial charge in [0.15, 0.2) is 0 Å². The number of halogens is 1. The summed E-state index contributed by atoms with van der Waals surface area (Å²) in [6.45, 7) is 1.80. The standard InChI is InChI=1S/C14H16FNO4/c1-16(7-9-4-5-20-8-9)13(17)11-3-2-10(14(18)19)6-12(11)15/h2-3,6,9H,4-5,7-8H2,1H3,(H,18,19). The Bertz CT molecular complexity index is 526. The Balaban J connectivity index is 2.09. The number of rotatable bonds is 4. The summed E-state index contributed by atoms with van der Waals surface area (Å²) in [6.07, 6.45) is 0.887. The molecule has 6 heteroatoms. The highest BCUT2D eigenvalue weighted by Crippen LogP contribution is 2.17. The Morgan fingerprint density at radius 2 is 2.25 bits per heavy atom. The minimum Gasteiger partial charge on any atom is -0.478 e. The van der Waals surface area contributed by atoms with Crippen molar-refractivity contribution in [3.63, 3.8) is 0 Å². The summed E-state index contributed by atoms with van der Waals surface area (Å²) in [4.78, 5) is 24.3. The number of benzene rings is 1. The van der Waals surface area contributed by atoms with Gasteiger partial charge in [0, 0.05) is 26.1 Å². The lowest BCUT2D eigenvalue weighted by Crippen LogP contribution is -2.32. The summed E-state index contributed by atoms with van der Waals surface area (Å²) in [5.74, 6) is -2.22. The maximum Gasteiger partial charge on any atom is 0.335 e. The van der Waals surface area contributed by atoms with Gasteiger partial charge < -0.3 is 14.7 Å². The predicted molar refractivity (Wildman–Crippen MR) is 69.2 cm³/mol. The molecule has 0 radical (unpaired) electrons. The van der Waals surface area contributed by atoms with Crippen LogP contribution in [0.15, 0.2) is 18.2 Å². The Morgan fingerprint density at radius 1 is 1.50 bits per heavy atom. The zero-order chi connectivity index (χ0) is 14.7. The fraction of sp³-hybridized carbons (Fsp3) is 0.429. The maximum atomic E-state index is 13.8. The second-order valence-corrected chi connectivity index (χ2v) is 4.92. The van der Waals surface area contributed by atoms with Gasteiger partial charge in [0.25, 0.3) is 5.91 Å². The van der Waals surface area contributed by atoms with E-state index in [0.29, 0.717) is 19.8 Å². The van der Waals surface area contributed by atoms with E-state index < -0.39 is 17.7 Å². The van der Waals surface area contributed by atoms with Crippen LogP contribution in [0, 0.1) is 11.7 Å². The number of carboxylic acid groups (broad SMARTS) is 1. The molecule has 1 aliphatic rings. The monoisotopic (exact) mass is 281 g/mol. The van der Waals surface area contributed by atoms with Crippen LogP contribution in [0.25, 0.3) is 0 Å². The molecule has 0 aromatic heterocycles. The lowest BCUT2D eigenvalue weighted by atomic mass is 10.1. The first kappa shape index (κ1) is 14.5. The number of aromatic carboxylic acids is 1. The van der Waals surface area contributed by atoms with Crippen molar-refractivity contribution in [3.8, 4) is 0 Å². The summed E-state index contributed by atoms with van der Waals surface area (Å²) in [5.41, 5.74) is -0.290. The van der Waals surface area contributed by atoms with Crippen LogP contribution in [0.2, 0.25) is 0 Å². The van der Waals surface area contributed by atoms with E-state index in [1.54, 1.807) is 7.05 Å². The first-order chi connectivity index (χ1) is 9.49. The van der Waals surface area contributed by atoms with Crippen molar-refractivity contribution < 1.29 is 23.8 Å². The molecule has 108 valence electrons. The van der Waals surface area contributed by atoms with Gasteiger partial charge in [0.1, 0.15) is 5.82 Å². The largest absolute Gasteiger partial charge is 0.478 e. The van der Waals surface area contributed by atoms with E-state index in [0.717, 1.165) is 12.5 Å². The molecule has 0 saturated carbocycles. The van der Waals surface area contributed by atoms with E-state index in [-0.39, 0.29) is 17.0 Å². The number of hydrogen-bond acceptors (Lipinski definition) is 3. The summed E-state index contributed by atoms with van der Waals surface area (Å²) < 4.78 is 19.0. The van der Waals surface area contributed by atoms with Crippen LogP contribution < -0.4 is 0 Å². The van der Waals surface area contributed by atoms with Crippen molar-refractivity contribution in [1.82, 2.24) is 4.90 Å². The Morgan fingerprint density at radius 3 is 2.80 bits per heavy atom. The van der Waals surface area contributed by atoms with Gasteiger partial charge in [0.05, 0.1) is 17.7 Å². The molecule has 1 N–H and O–H groups in total. The third kappa shape index (κ3) is 3.14. The fourth-order valence-electron chi connectivity index (χ4n) is 2.22. The average Bonchev–Trinajstić information content (AvgIpc) is 2.90. The van der Waals surface area contributed by atoms with Crippen LogP contribution in [-0.4, -0.2) is 48.7 Å². The molecule has 1 fully saturated rings. The molecule has 1 aromatic carbocycles. The van der Waals surface area contributed by atoms with Crippen LogP contribution in [0.1, 0.15) is 27.1 Å². The zero-order valence-electron chi connectivity index (χ0n) is 11.1. The number of nitrogens with zero attached hydrogens (tertiary/aromatic N) is 1. The van der Waals surface area contributed by atoms with Gasteiger partial charge in [-0.3, -0.25) is 4.79 Å². The fourth-order valence-corrected chi connectivity index (χ4v) is 2.22. The molecule has 5 nitrogen and oxygen atoms in total. The molecule has 1 aliphatic heterocycles. The van der Waals surface area contributed by atoms with Crippen molar-refractivity contribution >= 4 is 11.9 Å². The average molecular weight is 281 g/mol. The molecule has 0 bridgehead atoms. The molecule has 1 saturated heterocycles. The van der Waals surface area contributed by atoms with E-state index >= 15 is 0 Å². The molecule has 2 rings (SSSR count). The number of hydrogen-bond donors (Lipinski definition) is 1. The predicted octanol–water partition coefficient (Wildman–Crippen LogP) is 1.63. The second kappa shape index (κ2) is 6.00. The molecule has 1 aromatic rings. The van der Waals surface area contributed by atoms with E-state index in [1.165, 1.54) is 17.0 Å². The highest BCUT2D eigenvalue weighted by Gasteiger charge is 2.23. The first-order valence-electron chi connectivity index (χ1n) is 6.35. The number of carboxylic acids is 1. The van der Waals surface area contributed by atoms with Gasteiger partial charge in [-0.15, -0.1) is 0 Å². The quantitative estimate of drug-likeness (QED) is 0.911. The summed E-state index contributed by atoms with van der Waals surface area (Å²) in [6, 6.07) is 3.30. The highest BCUT2D eigenvalue weighted by atomic mass is 19.1. The van der Waals surface area contributed by atoms with Crippen molar-refractivity contribution in [1.29, 1.82) is 0 Å². The van der Waals surface area contributed by atoms with E-state index in [2.05, 4.69) is 0 Å². The molecule has 1 heterocycles. The SMILES string of the molecule is CN(CC1CCOC1)C(=O)c1ccc(C(=O)O)cc1F. The highest BCUT2D eigenvalue weighted by molar-refractivity contribution is 5.96. The second-order valence-electron chi connectivity index (χ2n) is 4.92. The van der Waals surface area contributed by atoms with Crippen molar-refractivity contribution in [2.75, 3.05) is 26.8 Å². The zero-order valence-corrected chi connectivity index (χ0v) is 11.1. The van der Waals surface area contributed by atoms with Gasteiger partial charge in [-0.2, -0.15) is 0 Å². The number of ether oxygens (including phenoxy) is 1. The first-order valence-corrected chi connectivity index (χ1v) is 6.35. The summed E-state index contributed by atoms with van der Waals surface area (Å²) in [5, 5.41) is 8.76. The van der Waals surface area contributed by atoms with E-state index in [9.17, 15) is 14.0 Å². The number of amides is 1. The third-order valence-electron chi connectivity index (χ3n) is 3.35. The topological polar surface area (TPSA) is 66.8 Å². The van der Waals surface area contributed by atoms with Crippen LogP contribution in [-0.2, 0) is 4.74 Å². The summed E-state index contributed by atoms with van der Waals surface area (Å²) >= 11 is 0. The van der Waals surface area contributed by atoms with Crippen molar-refractivity contribution in [2.45, 2.75) is 6.42 Å². The van der Waals surface area contributed by atoms with Gasteiger partial charge in [0.2, 0.25) is 0 Å². The van der Waals surface area contributed by atoms with E-state index in [4.69, 9.17) is 9.84 Å². The van der Waals surface area contributed by atoms with Crippen LogP contribution in [0.5, 0.6) is 0 Å². The lowest BCUT2D eigenvalue weighted by Gasteiger charge is -2.20. The van der Waals surface area contributed by atoms with Gasteiger partial charge in [-0.1, -0.05) is 0 Å². The van der Waals surface area contributed by atoms with Crippen molar-refractivity contribution in [3.05, 3.63) is 35.1 Å². The molecule has 0 aliphatic carbocycles. The lowest BCUT2D eigenvalue weighted by molar-refractivity contribution is 0.0693. The van der Waals surface area contributed by atoms with Crippen LogP contribution >= 0.6 is 0 Å². The van der Waals surface area contributed by atoms with Crippen molar-refractivity contribution in [2.24, 2.45) is 5.92 Å².